The molecule has 11 heteroatoms. The number of nitrogens with zero attached hydrogens (tertiary/aromatic N) is 1. The van der Waals surface area contributed by atoms with Crippen molar-refractivity contribution >= 4 is 52.6 Å². The Morgan fingerprint density at radius 3 is 2.28 bits per heavy atom. The number of nitrogens with one attached hydrogen (secondary N) is 1. The van der Waals surface area contributed by atoms with E-state index in [0.29, 0.717) is 0 Å². The first-order valence-corrected chi connectivity index (χ1v) is 9.75. The monoisotopic (exact) mass is 468 g/mol. The van der Waals surface area contributed by atoms with Crippen LogP contribution in [0.4, 0.5) is 28.0 Å². The molecule has 0 saturated heterocycles. The van der Waals surface area contributed by atoms with Crippen molar-refractivity contribution in [2.24, 2.45) is 4.99 Å². The molecule has 2 aromatic rings. The number of alkyl halides is 4. The van der Waals surface area contributed by atoms with Gasteiger partial charge < -0.3 is 10.1 Å². The van der Waals surface area contributed by atoms with E-state index in [1.807, 2.05) is 0 Å². The normalized spacial score (nSPS) is 12.2. The van der Waals surface area contributed by atoms with Crippen LogP contribution in [-0.4, -0.2) is 28.6 Å². The largest absolute Gasteiger partial charge is 0.477 e. The van der Waals surface area contributed by atoms with Crippen LogP contribution in [0.3, 0.4) is 0 Å². The van der Waals surface area contributed by atoms with E-state index in [2.05, 4.69) is 10.3 Å². The molecule has 156 valence electrons. The predicted octanol–water partition coefficient (Wildman–Crippen LogP) is 6.47. The minimum absolute atomic E-state index is 0.0160. The summed E-state index contributed by atoms with van der Waals surface area (Å²) in [5, 5.41) is -1.04. The molecule has 0 aliphatic carbocycles. The Hall–Kier alpha value is -1.97. The van der Waals surface area contributed by atoms with Gasteiger partial charge in [-0.05, 0) is 55.1 Å². The number of ether oxygens (including phenoxy) is 1. The molecule has 29 heavy (non-hydrogen) atoms. The van der Waals surface area contributed by atoms with Gasteiger partial charge in [-0.1, -0.05) is 29.3 Å². The molecule has 0 bridgehead atoms. The number of benzene rings is 2. The lowest BCUT2D eigenvalue weighted by Crippen LogP contribution is -2.19. The summed E-state index contributed by atoms with van der Waals surface area (Å²) in [6, 6.07) is 7.51. The number of thioether (sulfide) groups is 1. The van der Waals surface area contributed by atoms with Crippen LogP contribution in [0, 0.1) is 11.6 Å². The molecule has 0 saturated carbocycles. The van der Waals surface area contributed by atoms with Gasteiger partial charge in [0.2, 0.25) is 5.90 Å². The number of anilines is 1. The molecule has 0 unspecified atom stereocenters. The van der Waals surface area contributed by atoms with Gasteiger partial charge in [0, 0.05) is 10.6 Å². The van der Waals surface area contributed by atoms with E-state index in [1.165, 1.54) is 24.3 Å². The van der Waals surface area contributed by atoms with Gasteiger partial charge in [-0.3, -0.25) is 0 Å². The summed E-state index contributed by atoms with van der Waals surface area (Å²) in [4.78, 5) is 13.9. The maximum Gasteiger partial charge on any atom is 0.348 e. The van der Waals surface area contributed by atoms with Gasteiger partial charge in [0.1, 0.15) is 17.2 Å². The summed E-state index contributed by atoms with van der Waals surface area (Å²) in [6.07, 6.45) is 0. The molecule has 2 aromatic carbocycles. The summed E-state index contributed by atoms with van der Waals surface area (Å²) < 4.78 is 60.0. The van der Waals surface area contributed by atoms with Gasteiger partial charge in [0.25, 0.3) is 0 Å². The number of amides is 2. The topological polar surface area (TPSA) is 50.7 Å². The highest BCUT2D eigenvalue weighted by atomic mass is 35.5. The number of hydrogen-bond donors (Lipinski definition) is 1. The van der Waals surface area contributed by atoms with Crippen LogP contribution in [0.25, 0.3) is 0 Å². The fraction of sp³-hybridized carbons (Fsp3) is 0.222. The molecule has 4 nitrogen and oxygen atoms in total. The molecule has 0 aliphatic rings. The van der Waals surface area contributed by atoms with Crippen LogP contribution < -0.4 is 5.32 Å². The Balaban J connectivity index is 2.16. The van der Waals surface area contributed by atoms with E-state index in [0.717, 1.165) is 18.2 Å². The zero-order chi connectivity index (χ0) is 21.6. The fourth-order valence-corrected chi connectivity index (χ4v) is 2.99. The molecule has 0 atom stereocenters. The van der Waals surface area contributed by atoms with E-state index in [1.54, 1.807) is 6.92 Å². The molecule has 2 rings (SSSR count). The van der Waals surface area contributed by atoms with E-state index >= 15 is 0 Å². The second kappa shape index (κ2) is 10.2. The molecular weight excluding hydrogens is 455 g/mol. The number of hydrogen-bond acceptors (Lipinski definition) is 3. The van der Waals surface area contributed by atoms with Crippen LogP contribution >= 0.6 is 35.0 Å². The Morgan fingerprint density at radius 2 is 1.76 bits per heavy atom. The van der Waals surface area contributed by atoms with Crippen molar-refractivity contribution in [3.8, 4) is 0 Å². The number of halogens is 6. The number of carbonyl (C=O) groups is 1. The number of aliphatic imine (C=N–C) groups is 1. The standard InChI is InChI=1S/C18H14Cl2F4N2O2S/c1-2-28-15(14-12(21)4-3-5-13(14)22)26-17(27)25-10-6-8-11(9-7-10)29-18(23,24)16(19)20/h3-9,16H,2H2,1H3,(H,25,27). The third-order valence-corrected chi connectivity index (χ3v) is 5.10. The zero-order valence-electron chi connectivity index (χ0n) is 14.8. The van der Waals surface area contributed by atoms with Gasteiger partial charge in [0.05, 0.1) is 6.61 Å². The van der Waals surface area contributed by atoms with Crippen molar-refractivity contribution in [1.82, 2.24) is 0 Å². The number of urea groups is 1. The molecule has 0 spiro atoms. The lowest BCUT2D eigenvalue weighted by atomic mass is 10.2. The maximum atomic E-state index is 13.9. The summed E-state index contributed by atoms with van der Waals surface area (Å²) >= 11 is 10.6. The van der Waals surface area contributed by atoms with E-state index in [4.69, 9.17) is 27.9 Å². The van der Waals surface area contributed by atoms with Gasteiger partial charge in [0.15, 0.2) is 4.84 Å². The summed E-state index contributed by atoms with van der Waals surface area (Å²) in [6.45, 7) is 1.58. The minimum Gasteiger partial charge on any atom is -0.477 e. The average molecular weight is 469 g/mol. The first-order chi connectivity index (χ1) is 13.6. The van der Waals surface area contributed by atoms with Gasteiger partial charge >= 0.3 is 11.3 Å². The Morgan fingerprint density at radius 1 is 1.17 bits per heavy atom. The number of rotatable bonds is 6. The number of carbonyl (C=O) groups excluding carboxylic acids is 1. The van der Waals surface area contributed by atoms with E-state index in [-0.39, 0.29) is 29.0 Å². The molecule has 1 N–H and O–H groups in total. The van der Waals surface area contributed by atoms with Gasteiger partial charge in [-0.2, -0.15) is 13.8 Å². The fourth-order valence-electron chi connectivity index (χ4n) is 2.05. The molecule has 0 aromatic heterocycles. The second-order valence-electron chi connectivity index (χ2n) is 5.37. The summed E-state index contributed by atoms with van der Waals surface area (Å²) in [7, 11) is 0. The summed E-state index contributed by atoms with van der Waals surface area (Å²) in [5.41, 5.74) is -0.361. The smallest absolute Gasteiger partial charge is 0.348 e. The van der Waals surface area contributed by atoms with Gasteiger partial charge in [-0.15, -0.1) is 0 Å². The maximum absolute atomic E-state index is 13.9. The van der Waals surface area contributed by atoms with Gasteiger partial charge in [-0.25, -0.2) is 13.6 Å². The van der Waals surface area contributed by atoms with Crippen molar-refractivity contribution in [2.75, 3.05) is 11.9 Å². The molecule has 2 amide bonds. The highest BCUT2D eigenvalue weighted by Gasteiger charge is 2.38. The van der Waals surface area contributed by atoms with Crippen LogP contribution in [0.2, 0.25) is 0 Å². The lowest BCUT2D eigenvalue weighted by Gasteiger charge is -2.16. The average Bonchev–Trinajstić information content (AvgIpc) is 2.63. The molecule has 0 aliphatic heterocycles. The van der Waals surface area contributed by atoms with Crippen molar-refractivity contribution in [3.63, 3.8) is 0 Å². The van der Waals surface area contributed by atoms with Crippen LogP contribution in [0.5, 0.6) is 0 Å². The zero-order valence-corrected chi connectivity index (χ0v) is 17.1. The molecule has 0 heterocycles. The van der Waals surface area contributed by atoms with Crippen molar-refractivity contribution in [3.05, 3.63) is 59.7 Å². The Labute approximate surface area is 178 Å². The van der Waals surface area contributed by atoms with Crippen LogP contribution in [-0.2, 0) is 4.74 Å². The SMILES string of the molecule is CCOC(=NC(=O)Nc1ccc(SC(F)(F)C(Cl)Cl)cc1)c1c(F)cccc1F. The minimum atomic E-state index is -3.39. The van der Waals surface area contributed by atoms with Crippen molar-refractivity contribution < 1.29 is 27.1 Å². The lowest BCUT2D eigenvalue weighted by molar-refractivity contribution is 0.122. The second-order valence-corrected chi connectivity index (χ2v) is 7.68. The highest BCUT2D eigenvalue weighted by Crippen LogP contribution is 2.42. The van der Waals surface area contributed by atoms with Crippen molar-refractivity contribution in [2.45, 2.75) is 21.9 Å². The van der Waals surface area contributed by atoms with E-state index < -0.39 is 39.2 Å². The quantitative estimate of drug-likeness (QED) is 0.174. The molecular formula is C18H14Cl2F4N2O2S. The van der Waals surface area contributed by atoms with E-state index in [9.17, 15) is 22.4 Å². The third kappa shape index (κ3) is 6.52. The predicted molar refractivity (Wildman–Crippen MR) is 106 cm³/mol. The van der Waals surface area contributed by atoms with Crippen LogP contribution in [0.15, 0.2) is 52.4 Å². The molecule has 0 fully saturated rings. The highest BCUT2D eigenvalue weighted by molar-refractivity contribution is 8.00. The third-order valence-electron chi connectivity index (χ3n) is 3.27. The first kappa shape index (κ1) is 23.3. The summed E-state index contributed by atoms with van der Waals surface area (Å²) in [5.74, 6) is -2.41. The van der Waals surface area contributed by atoms with Crippen LogP contribution in [0.1, 0.15) is 12.5 Å². The van der Waals surface area contributed by atoms with Crippen molar-refractivity contribution in [1.29, 1.82) is 0 Å². The Bertz CT molecular complexity index is 876. The first-order valence-electron chi connectivity index (χ1n) is 8.06. The molecule has 0 radical (unpaired) electrons. The Kier molecular flexibility index (Phi) is 8.18.